The maximum Gasteiger partial charge on any atom is 0.268 e. The number of hydrogen-bond acceptors (Lipinski definition) is 15. The third kappa shape index (κ3) is 25.0. The van der Waals surface area contributed by atoms with E-state index >= 15 is 0 Å². The Morgan fingerprint density at radius 1 is 0.275 bits per heavy atom. The molecule has 28 rings (SSSR count). The monoisotopic (exact) mass is 1890 g/mol. The Hall–Kier alpha value is -2.16. The number of hydrogen-bond donors (Lipinski definition) is 5. The van der Waals surface area contributed by atoms with E-state index in [0.717, 1.165) is 273 Å². The van der Waals surface area contributed by atoms with Crippen molar-refractivity contribution in [2.45, 2.75) is 388 Å². The van der Waals surface area contributed by atoms with Gasteiger partial charge in [0.15, 0.2) is 0 Å². The fraction of sp³-hybridized carbons (Fsp3) is 0.980. The summed E-state index contributed by atoms with van der Waals surface area (Å²) in [5, 5.41) is 53.3. The van der Waals surface area contributed by atoms with Gasteiger partial charge in [-0.1, -0.05) is 6.92 Å². The fourth-order valence-corrected chi connectivity index (χ4v) is 34.9. The lowest BCUT2D eigenvalue weighted by atomic mass is 9.44. The molecule has 0 aromatic heterocycles. The number of carbonyl (C=O) groups is 2. The maximum atomic E-state index is 12.9. The molecule has 0 amide bonds. The molecule has 16 atom stereocenters. The molecule has 29 heteroatoms. The lowest BCUT2D eigenvalue weighted by Gasteiger charge is -2.64. The lowest BCUT2D eigenvalue weighted by Crippen LogP contribution is -2.64. The van der Waals surface area contributed by atoms with Gasteiger partial charge in [-0.2, -0.15) is 0 Å². The van der Waals surface area contributed by atoms with Crippen molar-refractivity contribution in [1.82, 2.24) is 0 Å². The molecule has 0 spiro atoms. The first-order valence-corrected chi connectivity index (χ1v) is 50.4. The first-order valence-electron chi connectivity index (χ1n) is 50.4. The summed E-state index contributed by atoms with van der Waals surface area (Å²) in [7, 11) is 1.70. The minimum atomic E-state index is -2.79. The normalized spacial score (nSPS) is 45.9. The van der Waals surface area contributed by atoms with Crippen molar-refractivity contribution in [3.8, 4) is 0 Å². The number of methoxy groups -OCH3 is 1. The van der Waals surface area contributed by atoms with Gasteiger partial charge in [-0.15, -0.1) is 0 Å². The van der Waals surface area contributed by atoms with Crippen LogP contribution in [-0.4, -0.2) is 212 Å². The zero-order valence-corrected chi connectivity index (χ0v) is 79.9. The van der Waals surface area contributed by atoms with E-state index in [4.69, 9.17) is 37.9 Å². The topological polar surface area (TPSA) is 209 Å². The Balaban J connectivity index is 0.000000117. The summed E-state index contributed by atoms with van der Waals surface area (Å²) >= 11 is 0. The molecule has 28 saturated carbocycles. The Labute approximate surface area is 768 Å². The molecule has 15 nitrogen and oxygen atoms in total. The first kappa shape index (κ1) is 103. The highest BCUT2D eigenvalue weighted by Crippen LogP contribution is 2.70. The summed E-state index contributed by atoms with van der Waals surface area (Å²) in [6, 6.07) is 0. The summed E-state index contributed by atoms with van der Waals surface area (Å²) in [5.41, 5.74) is -3.13. The summed E-state index contributed by atoms with van der Waals surface area (Å²) in [5.74, 6) is -10.9. The molecule has 16 unspecified atom stereocenters. The number of alkyl halides is 14. The molecule has 28 aliphatic carbocycles. The van der Waals surface area contributed by atoms with E-state index in [1.165, 1.54) is 12.8 Å². The number of rotatable bonds is 30. The zero-order valence-electron chi connectivity index (χ0n) is 79.9. The van der Waals surface area contributed by atoms with E-state index in [9.17, 15) is 96.6 Å². The zero-order chi connectivity index (χ0) is 95.1. The van der Waals surface area contributed by atoms with Gasteiger partial charge in [0.2, 0.25) is 0 Å². The average molecular weight is 1890 g/mol. The molecule has 0 radical (unpaired) electrons. The molecule has 0 aromatic rings. The Bertz CT molecular complexity index is 3670. The largest absolute Gasteiger partial charge is 0.390 e. The van der Waals surface area contributed by atoms with Gasteiger partial charge in [-0.05, 0) is 366 Å². The van der Waals surface area contributed by atoms with Crippen LogP contribution in [0, 0.1) is 139 Å². The highest BCUT2D eigenvalue weighted by Gasteiger charge is 2.67. The molecule has 28 fully saturated rings. The van der Waals surface area contributed by atoms with Gasteiger partial charge in [0.1, 0.15) is 57.8 Å². The molecule has 0 saturated heterocycles. The molecule has 28 bridgehead atoms. The van der Waals surface area contributed by atoms with Crippen molar-refractivity contribution in [3.05, 3.63) is 0 Å². The number of halogens is 14. The quantitative estimate of drug-likeness (QED) is 0.0424. The van der Waals surface area contributed by atoms with Gasteiger partial charge in [0.05, 0.1) is 79.9 Å². The van der Waals surface area contributed by atoms with Crippen LogP contribution in [0.3, 0.4) is 0 Å². The summed E-state index contributed by atoms with van der Waals surface area (Å²) in [6.07, 6.45) is 37.8. The van der Waals surface area contributed by atoms with E-state index in [1.807, 2.05) is 6.92 Å². The molecule has 5 N–H and O–H groups in total. The van der Waals surface area contributed by atoms with Gasteiger partial charge in [-0.25, -0.2) is 61.5 Å². The molecule has 0 aliphatic heterocycles. The van der Waals surface area contributed by atoms with Crippen LogP contribution in [0.2, 0.25) is 0 Å². The van der Waals surface area contributed by atoms with Gasteiger partial charge < -0.3 is 63.4 Å². The van der Waals surface area contributed by atoms with E-state index in [2.05, 4.69) is 6.92 Å². The Morgan fingerprint density at radius 3 is 0.802 bits per heavy atom. The number of ketones is 2. The van der Waals surface area contributed by atoms with Gasteiger partial charge >= 0.3 is 0 Å². The summed E-state index contributed by atoms with van der Waals surface area (Å²) < 4.78 is 222. The molecule has 0 heterocycles. The minimum Gasteiger partial charge on any atom is -0.390 e. The summed E-state index contributed by atoms with van der Waals surface area (Å²) in [4.78, 5) is 24.0. The standard InChI is InChI=1S/C16H26F2O2.C15H24F2O3.C15H24F2O2.2C14H22F2O2.2C14H20F2O2/c1-3-16(19)12-4-11-5-13(16)8-15(6-11,7-12)10-20-9-14(2,17)18;1-12(16,17)9-20-10-13-3-11-4-14(18,6-13)8-15(5-11,7-13)19-2;1-13(16,17)8-19-9-15-5-10-3-11(6-15)14(2,18)12(4-10)7-15;2*1-12(15,16)8-18-9-13-3-10-2-11(4-13)6-14(17,5-10)7-13;2*1-13(15,16)7-18-8-14-4-9-2-10(5-14)12(17)11(3-9)6-14/h11-13,19H,3-10H2,1-2H3;11,18H,3-10H2,1-2H3;10-12,18H,3-9H2,1-2H3;2*10-11,17H,2-9H2,1H3;2*9-11H,2-8H2,1H3. The van der Waals surface area contributed by atoms with Crippen LogP contribution in [0.5, 0.6) is 0 Å². The van der Waals surface area contributed by atoms with Crippen LogP contribution in [-0.2, 0) is 47.5 Å². The highest BCUT2D eigenvalue weighted by atomic mass is 19.3. The van der Waals surface area contributed by atoms with E-state index < -0.39 is 116 Å². The SMILES string of the molecule is CC(F)(F)COCC12CC3CC(C1)C(=O)C(C3)C2.CC(F)(F)COCC12CC3CC(C1)C(=O)C(C3)C2.CC(F)(F)COCC12CC3CC(C1)C(C)(O)C(C3)C2.CC(F)(F)COCC12CC3CC(CC(O)(C3)C1)C2.CC(F)(F)COCC12CC3CC(CC(O)(C3)C1)C2.CCC1(O)C2CC3CC1CC(COCC(C)(F)F)(C3)C2.COC12CC3CC(O)(CC(COCC(C)(F)F)(C3)C1)C2. The van der Waals surface area contributed by atoms with Crippen molar-refractivity contribution >= 4 is 11.6 Å². The third-order valence-corrected chi connectivity index (χ3v) is 36.7. The number of ether oxygens (including phenoxy) is 8. The second kappa shape index (κ2) is 37.0. The molecule has 131 heavy (non-hydrogen) atoms. The molecule has 0 aromatic carbocycles. The van der Waals surface area contributed by atoms with Gasteiger partial charge in [-0.3, -0.25) is 9.59 Å². The molecular weight excluding hydrogens is 1730 g/mol. The molecule has 28 aliphatic rings. The summed E-state index contributed by atoms with van der Waals surface area (Å²) in [6.45, 7) is 9.57. The highest BCUT2D eigenvalue weighted by molar-refractivity contribution is 5.86. The van der Waals surface area contributed by atoms with Crippen molar-refractivity contribution in [3.63, 3.8) is 0 Å². The van der Waals surface area contributed by atoms with Crippen molar-refractivity contribution in [2.75, 3.05) is 99.6 Å². The maximum absolute atomic E-state index is 12.9. The smallest absolute Gasteiger partial charge is 0.268 e. The number of Topliss-reactive ketones (excluding diaryl/α,β-unsaturated/α-hetero) is 2. The van der Waals surface area contributed by atoms with Crippen LogP contribution < -0.4 is 0 Å². The predicted molar refractivity (Wildman–Crippen MR) is 462 cm³/mol. The molecule has 754 valence electrons. The van der Waals surface area contributed by atoms with Crippen LogP contribution in [0.4, 0.5) is 61.5 Å². The van der Waals surface area contributed by atoms with Crippen LogP contribution in [0.1, 0.15) is 313 Å². The minimum absolute atomic E-state index is 0.0235. The van der Waals surface area contributed by atoms with Crippen molar-refractivity contribution < 1.29 is 134 Å². The Kier molecular flexibility index (Phi) is 29.1. The van der Waals surface area contributed by atoms with Crippen LogP contribution in [0.15, 0.2) is 0 Å². The second-order valence-electron chi connectivity index (χ2n) is 51.2. The van der Waals surface area contributed by atoms with Crippen molar-refractivity contribution in [2.24, 2.45) is 139 Å². The molecular formula is C102H158F14O15. The van der Waals surface area contributed by atoms with E-state index in [-0.39, 0.29) is 67.2 Å². The third-order valence-electron chi connectivity index (χ3n) is 36.7. The van der Waals surface area contributed by atoms with Gasteiger partial charge in [0.25, 0.3) is 41.5 Å². The van der Waals surface area contributed by atoms with Gasteiger partial charge in [0, 0.05) is 85.7 Å². The number of carbonyl (C=O) groups excluding carboxylic acids is 2. The Morgan fingerprint density at radius 2 is 0.519 bits per heavy atom. The fourth-order valence-electron chi connectivity index (χ4n) is 34.9. The second-order valence-corrected chi connectivity index (χ2v) is 51.2. The van der Waals surface area contributed by atoms with E-state index in [1.54, 1.807) is 7.11 Å². The van der Waals surface area contributed by atoms with Crippen LogP contribution >= 0.6 is 0 Å². The lowest BCUT2D eigenvalue weighted by molar-refractivity contribution is -0.251. The average Bonchev–Trinajstić information content (AvgIpc) is 0.700. The first-order chi connectivity index (χ1) is 60.4. The van der Waals surface area contributed by atoms with Crippen molar-refractivity contribution in [1.29, 1.82) is 0 Å². The predicted octanol–water partition coefficient (Wildman–Crippen LogP) is 21.7. The van der Waals surface area contributed by atoms with E-state index in [0.29, 0.717) is 148 Å². The number of aliphatic hydroxyl groups is 5. The van der Waals surface area contributed by atoms with Crippen LogP contribution in [0.25, 0.3) is 0 Å².